The van der Waals surface area contributed by atoms with Crippen molar-refractivity contribution in [1.82, 2.24) is 0 Å². The molecule has 6 heteroatoms. The Hall–Kier alpha value is -2.57. The lowest BCUT2D eigenvalue weighted by Gasteiger charge is -2.15. The molecule has 0 bridgehead atoms. The van der Waals surface area contributed by atoms with Crippen LogP contribution in [0.5, 0.6) is 5.75 Å². The molecular weight excluding hydrogens is 400 g/mol. The first-order valence-corrected chi connectivity index (χ1v) is 10.5. The zero-order valence-electron chi connectivity index (χ0n) is 16.4. The molecule has 0 saturated heterocycles. The number of nitrogens with zero attached hydrogens (tertiary/aromatic N) is 2. The van der Waals surface area contributed by atoms with Gasteiger partial charge in [0.15, 0.2) is 5.75 Å². The number of oxazole rings is 1. The maximum atomic E-state index is 5.97. The Morgan fingerprint density at radius 1 is 1.00 bits per heavy atom. The number of rotatable bonds is 5. The maximum absolute atomic E-state index is 5.97. The van der Waals surface area contributed by atoms with Crippen LogP contribution in [0.2, 0.25) is 0 Å². The van der Waals surface area contributed by atoms with Crippen LogP contribution in [-0.4, -0.2) is 6.54 Å². The number of fused-ring (bicyclic) bond motifs is 2. The van der Waals surface area contributed by atoms with Crippen molar-refractivity contribution in [3.8, 4) is 5.75 Å². The first-order valence-electron chi connectivity index (χ1n) is 9.59. The van der Waals surface area contributed by atoms with E-state index >= 15 is 0 Å². The molecule has 0 aliphatic carbocycles. The number of hydrogen-bond acceptors (Lipinski definition) is 5. The van der Waals surface area contributed by atoms with Crippen molar-refractivity contribution in [3.63, 3.8) is 0 Å². The van der Waals surface area contributed by atoms with E-state index in [0.717, 1.165) is 57.2 Å². The number of aryl methyl sites for hydroxylation is 1. The van der Waals surface area contributed by atoms with E-state index in [2.05, 4.69) is 48.6 Å². The van der Waals surface area contributed by atoms with Crippen LogP contribution < -0.4 is 14.2 Å². The summed E-state index contributed by atoms with van der Waals surface area (Å²) in [7, 11) is 0. The van der Waals surface area contributed by atoms with Gasteiger partial charge in [0.1, 0.15) is 6.54 Å². The van der Waals surface area contributed by atoms with Gasteiger partial charge in [0.25, 0.3) is 5.52 Å². The van der Waals surface area contributed by atoms with Gasteiger partial charge in [0, 0.05) is 22.4 Å². The number of aromatic nitrogens is 1. The summed E-state index contributed by atoms with van der Waals surface area (Å²) >= 11 is 8.85. The highest BCUT2D eigenvalue weighted by atomic mass is 32.1. The van der Waals surface area contributed by atoms with Gasteiger partial charge in [-0.25, -0.2) is 0 Å². The third-order valence-corrected chi connectivity index (χ3v) is 5.32. The molecule has 4 rings (SSSR count). The number of thiol groups is 2. The highest BCUT2D eigenvalue weighted by Gasteiger charge is 2.24. The van der Waals surface area contributed by atoms with Gasteiger partial charge in [-0.3, -0.25) is 0 Å². The van der Waals surface area contributed by atoms with Gasteiger partial charge in [0.2, 0.25) is 11.5 Å². The maximum Gasteiger partial charge on any atom is 0.374 e. The van der Waals surface area contributed by atoms with Crippen molar-refractivity contribution in [1.29, 1.82) is 0 Å². The van der Waals surface area contributed by atoms with E-state index in [4.69, 9.17) is 9.15 Å². The molecule has 4 nitrogen and oxygen atoms in total. The number of hydrogen-bond donors (Lipinski definition) is 2. The summed E-state index contributed by atoms with van der Waals surface area (Å²) in [4.78, 5) is 3.97. The van der Waals surface area contributed by atoms with Crippen LogP contribution in [0.1, 0.15) is 19.7 Å². The molecule has 0 radical (unpaired) electrons. The SMILES string of the molecule is CCN1C(=CC=CC=Cc2oc3ccc(S)cc3[n+]2CC)Oc2ccc(S)cc21. The molecule has 1 aromatic heterocycles. The van der Waals surface area contributed by atoms with Crippen LogP contribution in [0.4, 0.5) is 5.69 Å². The van der Waals surface area contributed by atoms with E-state index in [-0.39, 0.29) is 0 Å². The second-order valence-corrected chi connectivity index (χ2v) is 7.62. The fraction of sp³-hybridized carbons (Fsp3) is 0.174. The van der Waals surface area contributed by atoms with Crippen LogP contribution in [-0.2, 0) is 6.54 Å². The van der Waals surface area contributed by atoms with E-state index < -0.39 is 0 Å². The highest BCUT2D eigenvalue weighted by Crippen LogP contribution is 2.39. The summed E-state index contributed by atoms with van der Waals surface area (Å²) in [5.41, 5.74) is 2.95. The van der Waals surface area contributed by atoms with Crippen LogP contribution in [0.15, 0.2) is 80.8 Å². The molecule has 3 aromatic rings. The van der Waals surface area contributed by atoms with E-state index in [0.29, 0.717) is 0 Å². The Balaban J connectivity index is 1.52. The first kappa shape index (κ1) is 19.7. The van der Waals surface area contributed by atoms with Gasteiger partial charge in [0.05, 0.1) is 11.8 Å². The zero-order chi connectivity index (χ0) is 20.4. The minimum absolute atomic E-state index is 0.805. The summed E-state index contributed by atoms with van der Waals surface area (Å²) in [5, 5.41) is 0. The molecule has 0 spiro atoms. The summed E-state index contributed by atoms with van der Waals surface area (Å²) < 4.78 is 14.1. The monoisotopic (exact) mass is 423 g/mol. The Morgan fingerprint density at radius 2 is 1.79 bits per heavy atom. The quantitative estimate of drug-likeness (QED) is 0.316. The molecule has 0 unspecified atom stereocenters. The first-order chi connectivity index (χ1) is 14.1. The summed E-state index contributed by atoms with van der Waals surface area (Å²) in [6.07, 6.45) is 9.82. The largest absolute Gasteiger partial charge is 0.439 e. The van der Waals surface area contributed by atoms with Crippen molar-refractivity contribution in [3.05, 3.63) is 72.5 Å². The van der Waals surface area contributed by atoms with Crippen molar-refractivity contribution < 1.29 is 13.7 Å². The minimum Gasteiger partial charge on any atom is -0.439 e. The molecule has 0 N–H and O–H groups in total. The third kappa shape index (κ3) is 3.95. The number of ether oxygens (including phenoxy) is 1. The van der Waals surface area contributed by atoms with Crippen molar-refractivity contribution in [2.45, 2.75) is 30.2 Å². The van der Waals surface area contributed by atoms with Gasteiger partial charge in [-0.05, 0) is 50.3 Å². The molecule has 2 aromatic carbocycles. The van der Waals surface area contributed by atoms with Crippen molar-refractivity contribution in [2.75, 3.05) is 11.4 Å². The fourth-order valence-corrected chi connectivity index (χ4v) is 3.81. The standard InChI is InChI=1S/C23H22N2O2S2/c1-3-24-18-14-16(28)10-12-20(18)26-22(24)8-6-5-7-9-23-25(4-2)19-15-17(29)11-13-21(19)27-23/h5-15H,3-4H2,1-2H3,(H-,28,29)/p+1. The molecule has 0 saturated carbocycles. The normalized spacial score (nSPS) is 15.2. The molecule has 148 valence electrons. The van der Waals surface area contributed by atoms with Gasteiger partial charge in [-0.2, -0.15) is 4.57 Å². The van der Waals surface area contributed by atoms with Crippen LogP contribution in [0, 0.1) is 0 Å². The number of allylic oxidation sites excluding steroid dienone is 4. The van der Waals surface area contributed by atoms with Crippen LogP contribution in [0.25, 0.3) is 17.2 Å². The fourth-order valence-electron chi connectivity index (χ4n) is 3.42. The van der Waals surface area contributed by atoms with E-state index in [1.54, 1.807) is 0 Å². The third-order valence-electron chi connectivity index (χ3n) is 4.76. The smallest absolute Gasteiger partial charge is 0.374 e. The Bertz CT molecular complexity index is 1150. The van der Waals surface area contributed by atoms with Gasteiger partial charge < -0.3 is 14.1 Å². The second-order valence-electron chi connectivity index (χ2n) is 6.58. The lowest BCUT2D eigenvalue weighted by molar-refractivity contribution is -0.674. The Kier molecular flexibility index (Phi) is 5.74. The van der Waals surface area contributed by atoms with E-state index in [1.165, 1.54) is 0 Å². The molecular formula is C23H23N2O2S2+. The van der Waals surface area contributed by atoms with Gasteiger partial charge >= 0.3 is 5.89 Å². The lowest BCUT2D eigenvalue weighted by atomic mass is 10.3. The van der Waals surface area contributed by atoms with E-state index in [9.17, 15) is 0 Å². The minimum atomic E-state index is 0.805. The van der Waals surface area contributed by atoms with E-state index in [1.807, 2.05) is 66.8 Å². The number of benzene rings is 2. The average Bonchev–Trinajstić information content (AvgIpc) is 3.23. The average molecular weight is 424 g/mol. The molecule has 29 heavy (non-hydrogen) atoms. The predicted octanol–water partition coefficient (Wildman–Crippen LogP) is 5.65. The molecule has 0 amide bonds. The summed E-state index contributed by atoms with van der Waals surface area (Å²) in [6, 6.07) is 11.8. The Labute approximate surface area is 181 Å². The highest BCUT2D eigenvalue weighted by molar-refractivity contribution is 7.80. The van der Waals surface area contributed by atoms with Crippen molar-refractivity contribution >= 4 is 48.1 Å². The van der Waals surface area contributed by atoms with Crippen molar-refractivity contribution in [2.24, 2.45) is 0 Å². The molecule has 1 aliphatic heterocycles. The predicted molar refractivity (Wildman–Crippen MR) is 123 cm³/mol. The van der Waals surface area contributed by atoms with Gasteiger partial charge in [-0.1, -0.05) is 18.2 Å². The molecule has 0 atom stereocenters. The Morgan fingerprint density at radius 3 is 2.59 bits per heavy atom. The van der Waals surface area contributed by atoms with Crippen LogP contribution in [0.3, 0.4) is 0 Å². The zero-order valence-corrected chi connectivity index (χ0v) is 18.2. The summed E-state index contributed by atoms with van der Waals surface area (Å²) in [6.45, 7) is 5.84. The topological polar surface area (TPSA) is 29.5 Å². The number of anilines is 1. The second kappa shape index (κ2) is 8.43. The lowest BCUT2D eigenvalue weighted by Crippen LogP contribution is -2.33. The molecule has 0 fully saturated rings. The molecule has 1 aliphatic rings. The van der Waals surface area contributed by atoms with Crippen LogP contribution >= 0.6 is 25.3 Å². The molecule has 2 heterocycles. The van der Waals surface area contributed by atoms with Gasteiger partial charge in [-0.15, -0.1) is 25.3 Å². The summed E-state index contributed by atoms with van der Waals surface area (Å²) in [5.74, 6) is 2.47.